The van der Waals surface area contributed by atoms with Crippen LogP contribution < -0.4 is 5.56 Å². The first-order chi connectivity index (χ1) is 12.2. The van der Waals surface area contributed by atoms with Crippen LogP contribution in [0.5, 0.6) is 0 Å². The van der Waals surface area contributed by atoms with Gasteiger partial charge in [0, 0.05) is 36.7 Å². The summed E-state index contributed by atoms with van der Waals surface area (Å²) in [4.78, 5) is 17.0. The van der Waals surface area contributed by atoms with Crippen molar-refractivity contribution in [1.29, 1.82) is 0 Å². The Labute approximate surface area is 143 Å². The van der Waals surface area contributed by atoms with Gasteiger partial charge in [-0.2, -0.15) is 0 Å². The van der Waals surface area contributed by atoms with E-state index in [-0.39, 0.29) is 11.4 Å². The lowest BCUT2D eigenvalue weighted by molar-refractivity contribution is 0.626. The van der Waals surface area contributed by atoms with E-state index in [9.17, 15) is 9.18 Å². The average molecular weight is 333 g/mol. The molecule has 0 fully saturated rings. The van der Waals surface area contributed by atoms with E-state index in [1.165, 1.54) is 12.1 Å². The molecule has 0 atom stereocenters. The summed E-state index contributed by atoms with van der Waals surface area (Å²) in [5, 5.41) is 0.907. The Morgan fingerprint density at radius 2 is 1.60 bits per heavy atom. The molecule has 0 saturated heterocycles. The molecule has 0 bridgehead atoms. The maximum Gasteiger partial charge on any atom is 0.275 e. The van der Waals surface area contributed by atoms with Crippen LogP contribution in [0, 0.1) is 5.82 Å². The van der Waals surface area contributed by atoms with E-state index in [2.05, 4.69) is 4.98 Å². The molecular weight excluding hydrogens is 317 g/mol. The quantitative estimate of drug-likeness (QED) is 0.574. The molecule has 0 aliphatic rings. The summed E-state index contributed by atoms with van der Waals surface area (Å²) >= 11 is 0. The lowest BCUT2D eigenvalue weighted by Crippen LogP contribution is -2.22. The van der Waals surface area contributed by atoms with Crippen molar-refractivity contribution in [3.63, 3.8) is 0 Å². The molecule has 5 heteroatoms. The van der Waals surface area contributed by atoms with Gasteiger partial charge < -0.3 is 9.13 Å². The Hall–Kier alpha value is -3.21. The van der Waals surface area contributed by atoms with E-state index in [0.717, 1.165) is 16.5 Å². The molecule has 25 heavy (non-hydrogen) atoms. The largest absolute Gasteiger partial charge is 0.339 e. The summed E-state index contributed by atoms with van der Waals surface area (Å²) in [6.07, 6.45) is 7.22. The molecule has 0 spiro atoms. The zero-order valence-corrected chi connectivity index (χ0v) is 13.5. The zero-order chi connectivity index (χ0) is 17.2. The number of pyridine rings is 2. The third kappa shape index (κ3) is 3.08. The number of aromatic nitrogens is 3. The van der Waals surface area contributed by atoms with Gasteiger partial charge in [0.1, 0.15) is 11.3 Å². The highest BCUT2D eigenvalue weighted by atomic mass is 19.1. The van der Waals surface area contributed by atoms with E-state index in [4.69, 9.17) is 0 Å². The fourth-order valence-electron chi connectivity index (χ4n) is 2.98. The monoisotopic (exact) mass is 333 g/mol. The fourth-order valence-corrected chi connectivity index (χ4v) is 2.98. The molecule has 0 radical (unpaired) electrons. The Balaban J connectivity index is 1.72. The summed E-state index contributed by atoms with van der Waals surface area (Å²) in [5.41, 5.74) is 2.52. The third-order valence-electron chi connectivity index (χ3n) is 4.23. The summed E-state index contributed by atoms with van der Waals surface area (Å²) in [6, 6.07) is 13.9. The number of fused-ring (bicyclic) bond motifs is 1. The second-order valence-corrected chi connectivity index (χ2v) is 5.98. The number of benzene rings is 1. The molecule has 0 saturated carbocycles. The number of hydrogen-bond acceptors (Lipinski definition) is 2. The van der Waals surface area contributed by atoms with Crippen LogP contribution in [-0.2, 0) is 13.1 Å². The minimum atomic E-state index is -0.281. The first-order valence-corrected chi connectivity index (χ1v) is 8.02. The maximum atomic E-state index is 13.1. The van der Waals surface area contributed by atoms with Crippen LogP contribution in [0.2, 0.25) is 0 Å². The van der Waals surface area contributed by atoms with Gasteiger partial charge in [-0.3, -0.25) is 9.78 Å². The minimum absolute atomic E-state index is 0.0595. The Bertz CT molecular complexity index is 1070. The van der Waals surface area contributed by atoms with Gasteiger partial charge >= 0.3 is 0 Å². The van der Waals surface area contributed by atoms with Gasteiger partial charge in [0.15, 0.2) is 0 Å². The van der Waals surface area contributed by atoms with Crippen LogP contribution in [0.25, 0.3) is 10.9 Å². The van der Waals surface area contributed by atoms with Crippen LogP contribution in [0.1, 0.15) is 11.1 Å². The molecule has 4 nitrogen and oxygen atoms in total. The Morgan fingerprint density at radius 1 is 0.880 bits per heavy atom. The Kier molecular flexibility index (Phi) is 3.90. The smallest absolute Gasteiger partial charge is 0.275 e. The third-order valence-corrected chi connectivity index (χ3v) is 4.23. The van der Waals surface area contributed by atoms with Crippen LogP contribution >= 0.6 is 0 Å². The predicted molar refractivity (Wildman–Crippen MR) is 95.0 cm³/mol. The van der Waals surface area contributed by atoms with Crippen molar-refractivity contribution in [2.75, 3.05) is 0 Å². The van der Waals surface area contributed by atoms with E-state index >= 15 is 0 Å². The van der Waals surface area contributed by atoms with Crippen LogP contribution in [0.15, 0.2) is 78.1 Å². The van der Waals surface area contributed by atoms with E-state index in [1.54, 1.807) is 35.3 Å². The van der Waals surface area contributed by atoms with Gasteiger partial charge in [0.2, 0.25) is 0 Å². The average Bonchev–Trinajstić information content (AvgIpc) is 3.04. The maximum absolute atomic E-state index is 13.1. The van der Waals surface area contributed by atoms with Crippen molar-refractivity contribution in [1.82, 2.24) is 14.1 Å². The molecule has 0 N–H and O–H groups in total. The number of halogens is 1. The van der Waals surface area contributed by atoms with Gasteiger partial charge in [-0.05, 0) is 41.5 Å². The van der Waals surface area contributed by atoms with Gasteiger partial charge in [-0.15, -0.1) is 0 Å². The molecule has 3 aromatic heterocycles. The van der Waals surface area contributed by atoms with E-state index < -0.39 is 0 Å². The molecule has 0 unspecified atom stereocenters. The number of nitrogens with zero attached hydrogens (tertiary/aromatic N) is 3. The van der Waals surface area contributed by atoms with Gasteiger partial charge in [0.25, 0.3) is 5.56 Å². The highest BCUT2D eigenvalue weighted by Crippen LogP contribution is 2.14. The van der Waals surface area contributed by atoms with E-state index in [1.807, 2.05) is 35.0 Å². The molecule has 0 aliphatic carbocycles. The molecule has 4 aromatic rings. The van der Waals surface area contributed by atoms with Gasteiger partial charge in [0.05, 0.1) is 6.54 Å². The van der Waals surface area contributed by atoms with Crippen LogP contribution in [0.4, 0.5) is 4.39 Å². The van der Waals surface area contributed by atoms with E-state index in [0.29, 0.717) is 18.6 Å². The highest BCUT2D eigenvalue weighted by molar-refractivity contribution is 5.79. The van der Waals surface area contributed by atoms with Crippen molar-refractivity contribution in [2.45, 2.75) is 13.1 Å². The van der Waals surface area contributed by atoms with Crippen molar-refractivity contribution < 1.29 is 4.39 Å². The summed E-state index contributed by atoms with van der Waals surface area (Å²) < 4.78 is 16.6. The fraction of sp³-hybridized carbons (Fsp3) is 0.100. The Morgan fingerprint density at radius 3 is 2.32 bits per heavy atom. The molecule has 4 rings (SSSR count). The lowest BCUT2D eigenvalue weighted by Gasteiger charge is -2.09. The zero-order valence-electron chi connectivity index (χ0n) is 13.5. The number of rotatable bonds is 4. The molecule has 1 aromatic carbocycles. The van der Waals surface area contributed by atoms with Crippen molar-refractivity contribution in [3.8, 4) is 0 Å². The number of hydrogen-bond donors (Lipinski definition) is 0. The van der Waals surface area contributed by atoms with Crippen molar-refractivity contribution >= 4 is 10.9 Å². The van der Waals surface area contributed by atoms with Gasteiger partial charge in [-0.25, -0.2) is 4.39 Å². The molecule has 124 valence electrons. The molecular formula is C20H16FN3O. The summed E-state index contributed by atoms with van der Waals surface area (Å²) in [5.74, 6) is -0.281. The van der Waals surface area contributed by atoms with Crippen molar-refractivity contribution in [2.24, 2.45) is 0 Å². The second-order valence-electron chi connectivity index (χ2n) is 5.98. The first-order valence-electron chi connectivity index (χ1n) is 8.02. The van der Waals surface area contributed by atoms with Crippen molar-refractivity contribution in [3.05, 3.63) is 101 Å². The topological polar surface area (TPSA) is 39.8 Å². The normalized spacial score (nSPS) is 11.1. The first kappa shape index (κ1) is 15.3. The molecule has 0 aliphatic heterocycles. The predicted octanol–water partition coefficient (Wildman–Crippen LogP) is 3.43. The molecule has 3 heterocycles. The van der Waals surface area contributed by atoms with Gasteiger partial charge in [-0.1, -0.05) is 18.2 Å². The summed E-state index contributed by atoms with van der Waals surface area (Å²) in [7, 11) is 0. The summed E-state index contributed by atoms with van der Waals surface area (Å²) in [6.45, 7) is 1.00. The van der Waals surface area contributed by atoms with Crippen LogP contribution in [0.3, 0.4) is 0 Å². The SMILES string of the molecule is O=c1c2c(ccn1Cc1ccc(F)cc1)ccn2Cc1cccnc1. The lowest BCUT2D eigenvalue weighted by atomic mass is 10.2. The van der Waals surface area contributed by atoms with Crippen LogP contribution in [-0.4, -0.2) is 14.1 Å². The standard InChI is InChI=1S/C20H16FN3O/c21-18-5-3-15(4-6-18)13-24-11-8-17-7-10-23(19(17)20(24)25)14-16-2-1-9-22-12-16/h1-12H,13-14H2. The highest BCUT2D eigenvalue weighted by Gasteiger charge is 2.09. The second kappa shape index (κ2) is 6.36. The minimum Gasteiger partial charge on any atom is -0.339 e. The molecule has 0 amide bonds.